The van der Waals surface area contributed by atoms with E-state index >= 15 is 0 Å². The second kappa shape index (κ2) is 7.99. The smallest absolute Gasteiger partial charge is 0.261 e. The summed E-state index contributed by atoms with van der Waals surface area (Å²) in [5.74, 6) is 1.46. The first-order chi connectivity index (χ1) is 14.0. The second-order valence-electron chi connectivity index (χ2n) is 8.29. The first kappa shape index (κ1) is 19.6. The lowest BCUT2D eigenvalue weighted by molar-refractivity contribution is 0.102. The fraction of sp³-hybridized carbons (Fsp3) is 0.500. The SMILES string of the molecule is CCN(c1ncc2c(n1)Nc1ccc(C(C)C)cc1NC2=O)C1CCN(C)CC1. The third kappa shape index (κ3) is 3.92. The summed E-state index contributed by atoms with van der Waals surface area (Å²) < 4.78 is 0. The zero-order chi connectivity index (χ0) is 20.5. The Kier molecular flexibility index (Phi) is 5.41. The Bertz CT molecular complexity index is 904. The van der Waals surface area contributed by atoms with E-state index in [9.17, 15) is 4.79 Å². The van der Waals surface area contributed by atoms with Crippen molar-refractivity contribution in [2.75, 3.05) is 42.2 Å². The van der Waals surface area contributed by atoms with Crippen molar-refractivity contribution in [3.63, 3.8) is 0 Å². The van der Waals surface area contributed by atoms with Gasteiger partial charge in [0.05, 0.1) is 11.4 Å². The lowest BCUT2D eigenvalue weighted by Crippen LogP contribution is -2.44. The zero-order valence-corrected chi connectivity index (χ0v) is 17.7. The molecule has 0 saturated carbocycles. The van der Waals surface area contributed by atoms with Crippen LogP contribution >= 0.6 is 0 Å². The number of hydrogen-bond acceptors (Lipinski definition) is 6. The number of nitrogens with zero attached hydrogens (tertiary/aromatic N) is 4. The summed E-state index contributed by atoms with van der Waals surface area (Å²) in [6, 6.07) is 6.56. The Morgan fingerprint density at radius 1 is 1.21 bits per heavy atom. The van der Waals surface area contributed by atoms with Gasteiger partial charge in [-0.15, -0.1) is 0 Å². The molecule has 7 nitrogen and oxygen atoms in total. The van der Waals surface area contributed by atoms with Gasteiger partial charge in [-0.25, -0.2) is 4.98 Å². The first-order valence-electron chi connectivity index (χ1n) is 10.5. The molecule has 154 valence electrons. The van der Waals surface area contributed by atoms with Crippen LogP contribution in [0.1, 0.15) is 55.5 Å². The molecule has 0 atom stereocenters. The van der Waals surface area contributed by atoms with Gasteiger partial charge in [-0.1, -0.05) is 19.9 Å². The van der Waals surface area contributed by atoms with E-state index in [-0.39, 0.29) is 5.91 Å². The third-order valence-corrected chi connectivity index (χ3v) is 5.96. The molecule has 0 aliphatic carbocycles. The standard InChI is InChI=1S/C22H30N6O/c1-5-28(16-8-10-27(4)11-9-16)22-23-13-17-20(26-22)24-18-7-6-15(14(2)3)12-19(18)25-21(17)29/h6-7,12-14,16H,5,8-11H2,1-4H3,(H,25,29)(H,23,24,26). The number of piperidine rings is 1. The molecule has 2 aromatic rings. The molecule has 2 aliphatic rings. The summed E-state index contributed by atoms with van der Waals surface area (Å²) in [5.41, 5.74) is 3.29. The van der Waals surface area contributed by atoms with Crippen molar-refractivity contribution in [2.24, 2.45) is 0 Å². The average molecular weight is 395 g/mol. The van der Waals surface area contributed by atoms with Crippen molar-refractivity contribution in [3.05, 3.63) is 35.5 Å². The molecule has 1 saturated heterocycles. The van der Waals surface area contributed by atoms with E-state index in [1.165, 1.54) is 5.56 Å². The molecule has 2 N–H and O–H groups in total. The summed E-state index contributed by atoms with van der Waals surface area (Å²) in [4.78, 5) is 26.7. The molecule has 3 heterocycles. The van der Waals surface area contributed by atoms with Crippen LogP contribution < -0.4 is 15.5 Å². The highest BCUT2D eigenvalue weighted by atomic mass is 16.1. The van der Waals surface area contributed by atoms with Gasteiger partial charge in [0.2, 0.25) is 5.95 Å². The summed E-state index contributed by atoms with van der Waals surface area (Å²) in [7, 11) is 2.16. The molecular formula is C22H30N6O. The van der Waals surface area contributed by atoms with Crippen molar-refractivity contribution >= 4 is 29.0 Å². The highest BCUT2D eigenvalue weighted by Crippen LogP contribution is 2.34. The van der Waals surface area contributed by atoms with Crippen LogP contribution in [0.5, 0.6) is 0 Å². The maximum Gasteiger partial charge on any atom is 0.261 e. The number of likely N-dealkylation sites (tertiary alicyclic amines) is 1. The molecule has 0 radical (unpaired) electrons. The van der Waals surface area contributed by atoms with Crippen molar-refractivity contribution < 1.29 is 4.79 Å². The van der Waals surface area contributed by atoms with Gasteiger partial charge in [-0.05, 0) is 63.5 Å². The minimum atomic E-state index is -0.180. The largest absolute Gasteiger partial charge is 0.338 e. The summed E-state index contributed by atoms with van der Waals surface area (Å²) in [5, 5.41) is 6.36. The van der Waals surface area contributed by atoms with Crippen LogP contribution in [-0.2, 0) is 0 Å². The number of fused-ring (bicyclic) bond motifs is 2. The minimum Gasteiger partial charge on any atom is -0.338 e. The fourth-order valence-corrected chi connectivity index (χ4v) is 4.09. The van der Waals surface area contributed by atoms with Crippen LogP contribution in [-0.4, -0.2) is 53.5 Å². The molecule has 29 heavy (non-hydrogen) atoms. The van der Waals surface area contributed by atoms with Crippen molar-refractivity contribution in [3.8, 4) is 0 Å². The number of hydrogen-bond donors (Lipinski definition) is 2. The normalized spacial score (nSPS) is 17.2. The number of rotatable bonds is 4. The minimum absolute atomic E-state index is 0.180. The quantitative estimate of drug-likeness (QED) is 0.821. The molecule has 7 heteroatoms. The van der Waals surface area contributed by atoms with Gasteiger partial charge in [0, 0.05) is 18.8 Å². The third-order valence-electron chi connectivity index (χ3n) is 5.96. The Morgan fingerprint density at radius 2 is 1.97 bits per heavy atom. The number of carbonyl (C=O) groups is 1. The summed E-state index contributed by atoms with van der Waals surface area (Å²) in [6.07, 6.45) is 3.84. The van der Waals surface area contributed by atoms with Crippen LogP contribution in [0.2, 0.25) is 0 Å². The highest BCUT2D eigenvalue weighted by molar-refractivity contribution is 6.11. The molecular weight excluding hydrogens is 364 g/mol. The van der Waals surface area contributed by atoms with Crippen LogP contribution in [0.15, 0.2) is 24.4 Å². The lowest BCUT2D eigenvalue weighted by Gasteiger charge is -2.36. The molecule has 1 aromatic heterocycles. The number of aromatic nitrogens is 2. The van der Waals surface area contributed by atoms with E-state index in [1.54, 1.807) is 6.20 Å². The Labute approximate surface area is 172 Å². The molecule has 1 aromatic carbocycles. The topological polar surface area (TPSA) is 73.4 Å². The van der Waals surface area contributed by atoms with Gasteiger partial charge < -0.3 is 20.4 Å². The van der Waals surface area contributed by atoms with Gasteiger partial charge >= 0.3 is 0 Å². The molecule has 0 spiro atoms. The predicted octanol–water partition coefficient (Wildman–Crippen LogP) is 3.83. The van der Waals surface area contributed by atoms with E-state index in [2.05, 4.69) is 59.3 Å². The number of anilines is 4. The van der Waals surface area contributed by atoms with Crippen molar-refractivity contribution in [2.45, 2.75) is 45.6 Å². The lowest BCUT2D eigenvalue weighted by atomic mass is 10.0. The monoisotopic (exact) mass is 394 g/mol. The van der Waals surface area contributed by atoms with Crippen molar-refractivity contribution in [1.82, 2.24) is 14.9 Å². The first-order valence-corrected chi connectivity index (χ1v) is 10.5. The van der Waals surface area contributed by atoms with E-state index in [1.807, 2.05) is 12.1 Å². The Hall–Kier alpha value is -2.67. The molecule has 0 unspecified atom stereocenters. The maximum atomic E-state index is 12.8. The molecule has 0 bridgehead atoms. The van der Waals surface area contributed by atoms with E-state index < -0.39 is 0 Å². The van der Waals surface area contributed by atoms with Gasteiger partial charge in [-0.3, -0.25) is 4.79 Å². The maximum absolute atomic E-state index is 12.8. The number of benzene rings is 1. The summed E-state index contributed by atoms with van der Waals surface area (Å²) in [6.45, 7) is 9.42. The fourth-order valence-electron chi connectivity index (χ4n) is 4.09. The van der Waals surface area contributed by atoms with Crippen LogP contribution in [0.3, 0.4) is 0 Å². The summed E-state index contributed by atoms with van der Waals surface area (Å²) >= 11 is 0. The average Bonchev–Trinajstić information content (AvgIpc) is 2.84. The van der Waals surface area contributed by atoms with Crippen LogP contribution in [0, 0.1) is 0 Å². The molecule has 1 fully saturated rings. The van der Waals surface area contributed by atoms with Gasteiger partial charge in [0.25, 0.3) is 5.91 Å². The Balaban J connectivity index is 1.65. The van der Waals surface area contributed by atoms with Crippen LogP contribution in [0.4, 0.5) is 23.1 Å². The zero-order valence-electron chi connectivity index (χ0n) is 17.7. The highest BCUT2D eigenvalue weighted by Gasteiger charge is 2.27. The molecule has 4 rings (SSSR count). The van der Waals surface area contributed by atoms with Gasteiger partial charge in [0.15, 0.2) is 0 Å². The second-order valence-corrected chi connectivity index (χ2v) is 8.29. The molecule has 2 aliphatic heterocycles. The Morgan fingerprint density at radius 3 is 2.66 bits per heavy atom. The number of amides is 1. The van der Waals surface area contributed by atoms with Crippen molar-refractivity contribution in [1.29, 1.82) is 0 Å². The van der Waals surface area contributed by atoms with E-state index in [0.29, 0.717) is 29.3 Å². The van der Waals surface area contributed by atoms with Gasteiger partial charge in [-0.2, -0.15) is 4.98 Å². The van der Waals surface area contributed by atoms with E-state index in [4.69, 9.17) is 4.98 Å². The van der Waals surface area contributed by atoms with E-state index in [0.717, 1.165) is 43.9 Å². The van der Waals surface area contributed by atoms with Gasteiger partial charge in [0.1, 0.15) is 11.4 Å². The van der Waals surface area contributed by atoms with Crippen LogP contribution in [0.25, 0.3) is 0 Å². The molecule has 1 amide bonds. The number of nitrogens with one attached hydrogen (secondary N) is 2. The predicted molar refractivity (Wildman–Crippen MR) is 117 cm³/mol. The number of carbonyl (C=O) groups excluding carboxylic acids is 1.